The smallest absolute Gasteiger partial charge is 0.307 e. The Bertz CT molecular complexity index is 879. The van der Waals surface area contributed by atoms with Crippen LogP contribution in [0.15, 0.2) is 59.5 Å². The Morgan fingerprint density at radius 3 is 1.97 bits per heavy atom. The Hall–Kier alpha value is -2.32. The maximum absolute atomic E-state index is 12.0. The van der Waals surface area contributed by atoms with Gasteiger partial charge in [-0.1, -0.05) is 49.7 Å². The van der Waals surface area contributed by atoms with E-state index in [4.69, 9.17) is 9.05 Å². The van der Waals surface area contributed by atoms with Crippen molar-refractivity contribution < 1.29 is 26.8 Å². The molecule has 2 rings (SSSR count). The molecule has 0 aliphatic carbocycles. The van der Waals surface area contributed by atoms with Crippen molar-refractivity contribution in [1.29, 1.82) is 0 Å². The molecule has 2 N–H and O–H groups in total. The molecule has 0 saturated heterocycles. The molecule has 10 heteroatoms. The molecule has 0 bridgehead atoms. The van der Waals surface area contributed by atoms with Gasteiger partial charge in [0.1, 0.15) is 13.2 Å². The molecule has 2 aromatic rings. The quantitative estimate of drug-likeness (QED) is 0.515. The number of amides is 2. The van der Waals surface area contributed by atoms with Gasteiger partial charge < -0.3 is 5.32 Å². The summed E-state index contributed by atoms with van der Waals surface area (Å²) in [5.74, 6) is 0. The van der Waals surface area contributed by atoms with Crippen LogP contribution in [-0.4, -0.2) is 27.7 Å². The number of anilines is 1. The number of rotatable bonds is 9. The van der Waals surface area contributed by atoms with Crippen molar-refractivity contribution in [3.63, 3.8) is 0 Å². The maximum atomic E-state index is 12.0. The summed E-state index contributed by atoms with van der Waals surface area (Å²) in [4.78, 5) is 11.7. The fourth-order valence-electron chi connectivity index (χ4n) is 1.95. The summed E-state index contributed by atoms with van der Waals surface area (Å²) in [6.45, 7) is 6.80. The number of carbonyl (C=O) groups is 1. The van der Waals surface area contributed by atoms with E-state index < -0.39 is 24.3 Å². The van der Waals surface area contributed by atoms with Crippen LogP contribution in [0, 0.1) is 6.92 Å². The van der Waals surface area contributed by atoms with Gasteiger partial charge in [-0.15, -0.1) is 9.05 Å². The molecular formula is C20H28N2O6PS+. The largest absolute Gasteiger partial charge is 0.697 e. The van der Waals surface area contributed by atoms with Gasteiger partial charge in [-0.05, 0) is 44.0 Å². The van der Waals surface area contributed by atoms with Gasteiger partial charge in [0, 0.05) is 10.3 Å². The average molecular weight is 455 g/mol. The van der Waals surface area contributed by atoms with Gasteiger partial charge in [-0.25, -0.2) is 17.9 Å². The van der Waals surface area contributed by atoms with Crippen LogP contribution in [0.3, 0.4) is 0 Å². The molecule has 0 fully saturated rings. The number of urea groups is 1. The van der Waals surface area contributed by atoms with Gasteiger partial charge >= 0.3 is 14.3 Å². The lowest BCUT2D eigenvalue weighted by Crippen LogP contribution is -2.34. The first-order chi connectivity index (χ1) is 14.3. The highest BCUT2D eigenvalue weighted by Gasteiger charge is 2.18. The fourth-order valence-corrected chi connectivity index (χ4v) is 3.59. The Morgan fingerprint density at radius 2 is 1.47 bits per heavy atom. The SMILES string of the molecule is CCCO[P+](=O)OCCC.Cc1ccc(S(=O)(=O)NC(=O)Nc2ccccc2)cc1. The molecular weight excluding hydrogens is 427 g/mol. The second kappa shape index (κ2) is 13.8. The molecule has 2 aromatic carbocycles. The van der Waals surface area contributed by atoms with Crippen molar-refractivity contribution in [2.75, 3.05) is 18.5 Å². The molecule has 0 atom stereocenters. The van der Waals surface area contributed by atoms with Crippen LogP contribution in [0.5, 0.6) is 0 Å². The summed E-state index contributed by atoms with van der Waals surface area (Å²) in [6, 6.07) is 14.1. The van der Waals surface area contributed by atoms with Crippen molar-refractivity contribution in [2.24, 2.45) is 0 Å². The van der Waals surface area contributed by atoms with Crippen LogP contribution >= 0.6 is 8.25 Å². The molecule has 0 radical (unpaired) electrons. The van der Waals surface area contributed by atoms with E-state index >= 15 is 0 Å². The van der Waals surface area contributed by atoms with Crippen molar-refractivity contribution in [3.8, 4) is 0 Å². The van der Waals surface area contributed by atoms with Crippen molar-refractivity contribution in [1.82, 2.24) is 4.72 Å². The first-order valence-corrected chi connectivity index (χ1v) is 12.0. The zero-order valence-electron chi connectivity index (χ0n) is 17.3. The van der Waals surface area contributed by atoms with E-state index in [-0.39, 0.29) is 4.90 Å². The predicted molar refractivity (Wildman–Crippen MR) is 117 cm³/mol. The Balaban J connectivity index is 0.000000382. The number of sulfonamides is 1. The van der Waals surface area contributed by atoms with E-state index in [9.17, 15) is 17.8 Å². The highest BCUT2D eigenvalue weighted by molar-refractivity contribution is 7.90. The Morgan fingerprint density at radius 1 is 0.933 bits per heavy atom. The number of para-hydroxylation sites is 1. The minimum Gasteiger partial charge on any atom is -0.307 e. The lowest BCUT2D eigenvalue weighted by Gasteiger charge is -2.08. The molecule has 30 heavy (non-hydrogen) atoms. The number of hydrogen-bond acceptors (Lipinski definition) is 6. The second-order valence-corrected chi connectivity index (χ2v) is 8.77. The summed E-state index contributed by atoms with van der Waals surface area (Å²) in [5, 5.41) is 2.45. The minimum atomic E-state index is -3.86. The van der Waals surface area contributed by atoms with Gasteiger partial charge in [-0.2, -0.15) is 0 Å². The van der Waals surface area contributed by atoms with Crippen LogP contribution < -0.4 is 10.0 Å². The van der Waals surface area contributed by atoms with Crippen molar-refractivity contribution >= 4 is 30.0 Å². The third-order valence-corrected chi connectivity index (χ3v) is 5.53. The molecule has 0 spiro atoms. The lowest BCUT2D eigenvalue weighted by atomic mass is 10.2. The molecule has 8 nitrogen and oxygen atoms in total. The number of carbonyl (C=O) groups excluding carboxylic acids is 1. The topological polar surface area (TPSA) is 111 Å². The van der Waals surface area contributed by atoms with E-state index in [1.54, 1.807) is 42.5 Å². The Kier molecular flexibility index (Phi) is 11.8. The number of nitrogens with one attached hydrogen (secondary N) is 2. The van der Waals surface area contributed by atoms with Crippen LogP contribution in [0.2, 0.25) is 0 Å². The lowest BCUT2D eigenvalue weighted by molar-refractivity contribution is 0.226. The van der Waals surface area contributed by atoms with E-state index in [1.807, 2.05) is 25.5 Å². The summed E-state index contributed by atoms with van der Waals surface area (Å²) < 4.78 is 46.1. The first kappa shape index (κ1) is 25.7. The molecule has 0 aliphatic heterocycles. The highest BCUT2D eigenvalue weighted by Crippen LogP contribution is 2.23. The zero-order chi connectivity index (χ0) is 22.4. The summed E-state index contributed by atoms with van der Waals surface area (Å²) >= 11 is 0. The maximum Gasteiger partial charge on any atom is 0.697 e. The standard InChI is InChI=1S/C14H14N2O3S.C6H14O3P/c1-11-7-9-13(10-8-11)20(18,19)16-14(17)15-12-5-3-2-4-6-12;1-3-5-8-10(7)9-6-4-2/h2-10H,1H3,(H2,15,16,17);3-6H2,1-2H3/q;+1. The molecule has 0 heterocycles. The monoisotopic (exact) mass is 455 g/mol. The van der Waals surface area contributed by atoms with Gasteiger partial charge in [0.25, 0.3) is 10.0 Å². The van der Waals surface area contributed by atoms with E-state index in [1.165, 1.54) is 12.1 Å². The van der Waals surface area contributed by atoms with Crippen LogP contribution in [0.25, 0.3) is 0 Å². The van der Waals surface area contributed by atoms with Crippen LogP contribution in [0.4, 0.5) is 10.5 Å². The molecule has 164 valence electrons. The zero-order valence-corrected chi connectivity index (χ0v) is 19.0. The van der Waals surface area contributed by atoms with Crippen molar-refractivity contribution in [2.45, 2.75) is 38.5 Å². The van der Waals surface area contributed by atoms with E-state index in [0.717, 1.165) is 18.4 Å². The Labute approximate surface area is 179 Å². The van der Waals surface area contributed by atoms with Crippen molar-refractivity contribution in [3.05, 3.63) is 60.2 Å². The van der Waals surface area contributed by atoms with Gasteiger partial charge in [0.15, 0.2) is 0 Å². The second-order valence-electron chi connectivity index (χ2n) is 6.13. The third-order valence-electron chi connectivity index (χ3n) is 3.39. The summed E-state index contributed by atoms with van der Waals surface area (Å²) in [7, 11) is -5.70. The summed E-state index contributed by atoms with van der Waals surface area (Å²) in [6.07, 6.45) is 1.74. The van der Waals surface area contributed by atoms with Gasteiger partial charge in [-0.3, -0.25) is 0 Å². The van der Waals surface area contributed by atoms with E-state index in [0.29, 0.717) is 18.9 Å². The van der Waals surface area contributed by atoms with Gasteiger partial charge in [0.2, 0.25) is 0 Å². The number of hydrogen-bond donors (Lipinski definition) is 2. The molecule has 0 saturated carbocycles. The minimum absolute atomic E-state index is 0.0475. The predicted octanol–water partition coefficient (Wildman–Crippen LogP) is 5.00. The average Bonchev–Trinajstić information content (AvgIpc) is 2.71. The molecule has 2 amide bonds. The molecule has 0 aliphatic rings. The fraction of sp³-hybridized carbons (Fsp3) is 0.350. The number of aryl methyl sites for hydroxylation is 1. The van der Waals surface area contributed by atoms with Crippen LogP contribution in [-0.2, 0) is 23.6 Å². The molecule has 0 unspecified atom stereocenters. The highest BCUT2D eigenvalue weighted by atomic mass is 32.2. The normalized spacial score (nSPS) is 10.5. The first-order valence-electron chi connectivity index (χ1n) is 9.47. The van der Waals surface area contributed by atoms with E-state index in [2.05, 4.69) is 5.32 Å². The van der Waals surface area contributed by atoms with Crippen LogP contribution in [0.1, 0.15) is 32.3 Å². The van der Waals surface area contributed by atoms with Gasteiger partial charge in [0.05, 0.1) is 4.90 Å². The third kappa shape index (κ3) is 10.5. The molecule has 0 aromatic heterocycles. The number of benzene rings is 2. The summed E-state index contributed by atoms with van der Waals surface area (Å²) in [5.41, 5.74) is 1.46.